The van der Waals surface area contributed by atoms with Crippen LogP contribution in [0.4, 0.5) is 5.69 Å². The number of nitro benzene ring substituents is 1. The predicted molar refractivity (Wildman–Crippen MR) is 104 cm³/mol. The van der Waals surface area contributed by atoms with Gasteiger partial charge < -0.3 is 0 Å². The maximum atomic E-state index is 10.9. The van der Waals surface area contributed by atoms with E-state index in [1.807, 2.05) is 48.5 Å². The van der Waals surface area contributed by atoms with Gasteiger partial charge in [0.25, 0.3) is 5.69 Å². The first-order valence-electron chi connectivity index (χ1n) is 8.94. The largest absolute Gasteiger partial charge is 0.269 e. The van der Waals surface area contributed by atoms with E-state index in [2.05, 4.69) is 29.2 Å². The third-order valence-corrected chi connectivity index (χ3v) is 5.29. The number of nitrogens with zero attached hydrogens (tertiary/aromatic N) is 3. The van der Waals surface area contributed by atoms with Crippen molar-refractivity contribution in [1.82, 2.24) is 4.90 Å². The van der Waals surface area contributed by atoms with Crippen LogP contribution in [0.2, 0.25) is 0 Å². The molecule has 0 bridgehead atoms. The second-order valence-corrected chi connectivity index (χ2v) is 6.85. The molecule has 5 heteroatoms. The number of hydrogen-bond donors (Lipinski definition) is 0. The molecule has 2 heterocycles. The average molecular weight is 355 g/mol. The molecule has 3 aromatic rings. The number of benzene rings is 3. The van der Waals surface area contributed by atoms with Crippen molar-refractivity contribution in [3.63, 3.8) is 0 Å². The zero-order valence-corrected chi connectivity index (χ0v) is 14.5. The number of aliphatic imine (C=N–C) groups is 1. The quantitative estimate of drug-likeness (QED) is 0.393. The first-order chi connectivity index (χ1) is 13.2. The topological polar surface area (TPSA) is 58.5 Å². The normalized spacial score (nSPS) is 25.6. The molecule has 0 N–H and O–H groups in total. The fraction of sp³-hybridized carbons (Fsp3) is 0.136. The fourth-order valence-electron chi connectivity index (χ4n) is 3.99. The summed E-state index contributed by atoms with van der Waals surface area (Å²) in [4.78, 5) is 18.0. The summed E-state index contributed by atoms with van der Waals surface area (Å²) in [6, 6.07) is 27.8. The van der Waals surface area contributed by atoms with Crippen LogP contribution in [0.25, 0.3) is 0 Å². The second-order valence-electron chi connectivity index (χ2n) is 6.85. The van der Waals surface area contributed by atoms with E-state index in [1.54, 1.807) is 12.1 Å². The van der Waals surface area contributed by atoms with E-state index in [-0.39, 0.29) is 28.9 Å². The summed E-state index contributed by atoms with van der Waals surface area (Å²) in [6.07, 6.45) is -0.0217. The van der Waals surface area contributed by atoms with Crippen LogP contribution >= 0.6 is 0 Å². The van der Waals surface area contributed by atoms with E-state index in [0.29, 0.717) is 0 Å². The van der Waals surface area contributed by atoms with Crippen LogP contribution in [-0.2, 0) is 0 Å². The van der Waals surface area contributed by atoms with Gasteiger partial charge in [-0.3, -0.25) is 20.0 Å². The van der Waals surface area contributed by atoms with Crippen molar-refractivity contribution in [3.05, 3.63) is 112 Å². The minimum Gasteiger partial charge on any atom is -0.263 e. The highest BCUT2D eigenvalue weighted by molar-refractivity contribution is 6.08. The SMILES string of the molecule is O=[N+]([O-])c1ccc([C@@H]2[C@H]3C(c4ccccc4)=N[C@H](c4ccccc4)N32)cc1. The van der Waals surface area contributed by atoms with E-state index < -0.39 is 0 Å². The van der Waals surface area contributed by atoms with Gasteiger partial charge in [0.1, 0.15) is 6.17 Å². The van der Waals surface area contributed by atoms with Gasteiger partial charge >= 0.3 is 0 Å². The average Bonchev–Trinajstić information content (AvgIpc) is 3.33. The molecule has 3 aromatic carbocycles. The number of non-ortho nitro benzene ring substituents is 1. The number of hydrogen-bond acceptors (Lipinski definition) is 4. The molecule has 0 amide bonds. The Morgan fingerprint density at radius 1 is 0.778 bits per heavy atom. The molecule has 2 aliphatic heterocycles. The molecule has 5 nitrogen and oxygen atoms in total. The third-order valence-electron chi connectivity index (χ3n) is 5.29. The molecule has 132 valence electrons. The lowest BCUT2D eigenvalue weighted by atomic mass is 10.0. The van der Waals surface area contributed by atoms with Crippen molar-refractivity contribution < 1.29 is 4.92 Å². The van der Waals surface area contributed by atoms with Crippen LogP contribution in [-0.4, -0.2) is 21.6 Å². The van der Waals surface area contributed by atoms with Gasteiger partial charge in [-0.1, -0.05) is 72.8 Å². The first kappa shape index (κ1) is 15.9. The highest BCUT2D eigenvalue weighted by Gasteiger charge is 2.59. The molecule has 0 radical (unpaired) electrons. The van der Waals surface area contributed by atoms with Crippen molar-refractivity contribution in [1.29, 1.82) is 0 Å². The van der Waals surface area contributed by atoms with Crippen molar-refractivity contribution in [2.24, 2.45) is 4.99 Å². The molecule has 0 aliphatic carbocycles. The lowest BCUT2D eigenvalue weighted by Gasteiger charge is -2.14. The van der Waals surface area contributed by atoms with E-state index in [1.165, 1.54) is 0 Å². The van der Waals surface area contributed by atoms with E-state index in [9.17, 15) is 10.1 Å². The monoisotopic (exact) mass is 355 g/mol. The van der Waals surface area contributed by atoms with Crippen LogP contribution in [0.15, 0.2) is 89.9 Å². The van der Waals surface area contributed by atoms with Gasteiger partial charge in [0, 0.05) is 12.1 Å². The Hall–Kier alpha value is -3.31. The standard InChI is InChI=1S/C22H17N3O2/c26-25(27)18-13-11-16(12-14-18)20-21-19(15-7-3-1-4-8-15)23-22(24(20)21)17-9-5-2-6-10-17/h1-14,20-22H/t20-,21-,22+,24?/m1/s1. The molecule has 0 saturated carbocycles. The van der Waals surface area contributed by atoms with Gasteiger partial charge in [-0.15, -0.1) is 0 Å². The van der Waals surface area contributed by atoms with E-state index in [0.717, 1.165) is 22.4 Å². The smallest absolute Gasteiger partial charge is 0.263 e. The summed E-state index contributed by atoms with van der Waals surface area (Å²) in [5, 5.41) is 10.9. The van der Waals surface area contributed by atoms with Crippen molar-refractivity contribution in [3.8, 4) is 0 Å². The Morgan fingerprint density at radius 3 is 2.04 bits per heavy atom. The van der Waals surface area contributed by atoms with Gasteiger partial charge in [0.15, 0.2) is 0 Å². The highest BCUT2D eigenvalue weighted by atomic mass is 16.6. The summed E-state index contributed by atoms with van der Waals surface area (Å²) in [6.45, 7) is 0. The van der Waals surface area contributed by atoms with Crippen molar-refractivity contribution >= 4 is 11.4 Å². The molecule has 0 aromatic heterocycles. The van der Waals surface area contributed by atoms with Crippen LogP contribution in [0.1, 0.15) is 28.9 Å². The molecule has 27 heavy (non-hydrogen) atoms. The van der Waals surface area contributed by atoms with Gasteiger partial charge in [0.05, 0.1) is 22.7 Å². The highest BCUT2D eigenvalue weighted by Crippen LogP contribution is 2.55. The lowest BCUT2D eigenvalue weighted by Crippen LogP contribution is -2.08. The molecule has 1 fully saturated rings. The van der Waals surface area contributed by atoms with Gasteiger partial charge in [0.2, 0.25) is 0 Å². The molecule has 1 saturated heterocycles. The summed E-state index contributed by atoms with van der Waals surface area (Å²) in [7, 11) is 0. The Morgan fingerprint density at radius 2 is 1.41 bits per heavy atom. The van der Waals surface area contributed by atoms with Crippen molar-refractivity contribution in [2.75, 3.05) is 0 Å². The van der Waals surface area contributed by atoms with E-state index in [4.69, 9.17) is 4.99 Å². The maximum absolute atomic E-state index is 10.9. The molecular weight excluding hydrogens is 338 g/mol. The molecular formula is C22H17N3O2. The number of fused-ring (bicyclic) bond motifs is 1. The Balaban J connectivity index is 1.53. The summed E-state index contributed by atoms with van der Waals surface area (Å²) in [5.74, 6) is 0. The number of nitro groups is 1. The van der Waals surface area contributed by atoms with Gasteiger partial charge in [-0.05, 0) is 16.7 Å². The zero-order chi connectivity index (χ0) is 18.4. The Kier molecular flexibility index (Phi) is 3.62. The van der Waals surface area contributed by atoms with Crippen molar-refractivity contribution in [2.45, 2.75) is 18.2 Å². The Bertz CT molecular complexity index is 1020. The predicted octanol–water partition coefficient (Wildman–Crippen LogP) is 4.52. The lowest BCUT2D eigenvalue weighted by molar-refractivity contribution is -0.384. The minimum absolute atomic E-state index is 0.0217. The Labute approximate surface area is 156 Å². The summed E-state index contributed by atoms with van der Waals surface area (Å²) < 4.78 is 0. The van der Waals surface area contributed by atoms with Gasteiger partial charge in [-0.2, -0.15) is 0 Å². The summed E-state index contributed by atoms with van der Waals surface area (Å²) in [5.41, 5.74) is 4.60. The second kappa shape index (κ2) is 6.14. The molecule has 5 rings (SSSR count). The van der Waals surface area contributed by atoms with Gasteiger partial charge in [-0.25, -0.2) is 0 Å². The maximum Gasteiger partial charge on any atom is 0.269 e. The van der Waals surface area contributed by atoms with Crippen LogP contribution < -0.4 is 0 Å². The van der Waals surface area contributed by atoms with E-state index >= 15 is 0 Å². The zero-order valence-electron chi connectivity index (χ0n) is 14.5. The molecule has 1 unspecified atom stereocenters. The van der Waals surface area contributed by atoms with Crippen LogP contribution in [0, 0.1) is 10.1 Å². The summed E-state index contributed by atoms with van der Waals surface area (Å²) >= 11 is 0. The number of rotatable bonds is 4. The third kappa shape index (κ3) is 2.64. The minimum atomic E-state index is -0.360. The molecule has 0 spiro atoms. The fourth-order valence-corrected chi connectivity index (χ4v) is 3.99. The first-order valence-corrected chi connectivity index (χ1v) is 8.94. The molecule has 2 aliphatic rings. The van der Waals surface area contributed by atoms with Crippen LogP contribution in [0.5, 0.6) is 0 Å². The molecule has 4 atom stereocenters. The van der Waals surface area contributed by atoms with Crippen LogP contribution in [0.3, 0.4) is 0 Å².